The Kier molecular flexibility index (Phi) is 4.11. The summed E-state index contributed by atoms with van der Waals surface area (Å²) in [6.07, 6.45) is 0.679. The van der Waals surface area contributed by atoms with Crippen molar-refractivity contribution >= 4 is 5.97 Å². The zero-order valence-corrected chi connectivity index (χ0v) is 10.1. The average Bonchev–Trinajstić information content (AvgIpc) is 2.14. The van der Waals surface area contributed by atoms with Gasteiger partial charge < -0.3 is 5.11 Å². The van der Waals surface area contributed by atoms with Gasteiger partial charge in [-0.15, -0.1) is 0 Å². The number of carboxylic acid groups (broad SMARTS) is 1. The molecule has 0 spiro atoms. The maximum atomic E-state index is 11.1. The molecule has 1 saturated heterocycles. The van der Waals surface area contributed by atoms with Crippen LogP contribution in [0.2, 0.25) is 0 Å². The summed E-state index contributed by atoms with van der Waals surface area (Å²) in [5.74, 6) is -0.693. The van der Waals surface area contributed by atoms with E-state index in [2.05, 4.69) is 30.7 Å². The van der Waals surface area contributed by atoms with Crippen LogP contribution in [0.15, 0.2) is 0 Å². The molecule has 1 aliphatic rings. The normalized spacial score (nSPS) is 31.5. The summed E-state index contributed by atoms with van der Waals surface area (Å²) in [5.41, 5.74) is 0. The van der Waals surface area contributed by atoms with Crippen molar-refractivity contribution in [3.63, 3.8) is 0 Å². The van der Waals surface area contributed by atoms with Crippen molar-refractivity contribution in [2.45, 2.75) is 45.3 Å². The average molecular weight is 214 g/mol. The summed E-state index contributed by atoms with van der Waals surface area (Å²) >= 11 is 0. The van der Waals surface area contributed by atoms with Crippen LogP contribution >= 0.6 is 0 Å². The van der Waals surface area contributed by atoms with Crippen LogP contribution in [0.4, 0.5) is 0 Å². The molecule has 0 bridgehead atoms. The smallest absolute Gasteiger partial charge is 0.320 e. The Labute approximate surface area is 91.9 Å². The number of aliphatic carboxylic acids is 1. The monoisotopic (exact) mass is 214 g/mol. The zero-order chi connectivity index (χ0) is 11.6. The Morgan fingerprint density at radius 1 is 1.40 bits per heavy atom. The van der Waals surface area contributed by atoms with Crippen molar-refractivity contribution in [3.05, 3.63) is 0 Å². The quantitative estimate of drug-likeness (QED) is 0.757. The second kappa shape index (κ2) is 4.94. The first-order chi connectivity index (χ1) is 6.97. The molecule has 88 valence electrons. The lowest BCUT2D eigenvalue weighted by molar-refractivity contribution is -0.145. The number of hydrogen-bond acceptors (Lipinski definition) is 3. The fourth-order valence-corrected chi connectivity index (χ4v) is 2.29. The number of carboxylic acids is 1. The molecular formula is C11H22N2O2. The highest BCUT2D eigenvalue weighted by molar-refractivity contribution is 5.73. The van der Waals surface area contributed by atoms with Gasteiger partial charge in [0.25, 0.3) is 0 Å². The fourth-order valence-electron chi connectivity index (χ4n) is 2.29. The van der Waals surface area contributed by atoms with Crippen molar-refractivity contribution in [2.75, 3.05) is 20.1 Å². The number of likely N-dealkylation sites (N-methyl/N-ethyl adjacent to an activating group) is 1. The van der Waals surface area contributed by atoms with Gasteiger partial charge >= 0.3 is 5.97 Å². The topological polar surface area (TPSA) is 43.8 Å². The molecule has 1 N–H and O–H groups in total. The minimum atomic E-state index is -0.693. The predicted octanol–water partition coefficient (Wildman–Crippen LogP) is 0.874. The SMILES string of the molecule is CCC(C(=O)O)N1C[C@H](C)N(C)[C@@H](C)C1. The predicted molar refractivity (Wildman–Crippen MR) is 60.0 cm³/mol. The van der Waals surface area contributed by atoms with E-state index in [1.165, 1.54) is 0 Å². The maximum absolute atomic E-state index is 11.1. The second-order valence-electron chi connectivity index (χ2n) is 4.58. The van der Waals surface area contributed by atoms with E-state index in [0.717, 1.165) is 13.1 Å². The summed E-state index contributed by atoms with van der Waals surface area (Å²) in [6.45, 7) is 7.94. The van der Waals surface area contributed by atoms with Crippen LogP contribution in [0, 0.1) is 0 Å². The highest BCUT2D eigenvalue weighted by Gasteiger charge is 2.32. The minimum Gasteiger partial charge on any atom is -0.480 e. The molecular weight excluding hydrogens is 192 g/mol. The fraction of sp³-hybridized carbons (Fsp3) is 0.909. The Bertz CT molecular complexity index is 221. The third-order valence-electron chi connectivity index (χ3n) is 3.50. The van der Waals surface area contributed by atoms with E-state index in [0.29, 0.717) is 18.5 Å². The van der Waals surface area contributed by atoms with E-state index in [9.17, 15) is 4.79 Å². The first-order valence-electron chi connectivity index (χ1n) is 5.66. The van der Waals surface area contributed by atoms with Crippen LogP contribution in [-0.2, 0) is 4.79 Å². The molecule has 1 aliphatic heterocycles. The lowest BCUT2D eigenvalue weighted by Crippen LogP contribution is -2.58. The van der Waals surface area contributed by atoms with Gasteiger partial charge in [0.05, 0.1) is 0 Å². The molecule has 1 unspecified atom stereocenters. The van der Waals surface area contributed by atoms with E-state index in [1.807, 2.05) is 6.92 Å². The lowest BCUT2D eigenvalue weighted by atomic mass is 10.1. The number of piperazine rings is 1. The van der Waals surface area contributed by atoms with Crippen LogP contribution < -0.4 is 0 Å². The largest absolute Gasteiger partial charge is 0.480 e. The molecule has 0 radical (unpaired) electrons. The molecule has 0 aromatic rings. The van der Waals surface area contributed by atoms with Crippen LogP contribution in [0.25, 0.3) is 0 Å². The van der Waals surface area contributed by atoms with Gasteiger partial charge in [-0.2, -0.15) is 0 Å². The second-order valence-corrected chi connectivity index (χ2v) is 4.58. The van der Waals surface area contributed by atoms with E-state index in [4.69, 9.17) is 5.11 Å². The Balaban J connectivity index is 2.67. The summed E-state index contributed by atoms with van der Waals surface area (Å²) in [7, 11) is 2.11. The van der Waals surface area contributed by atoms with Gasteiger partial charge in [-0.1, -0.05) is 6.92 Å². The van der Waals surface area contributed by atoms with Crippen molar-refractivity contribution in [3.8, 4) is 0 Å². The molecule has 4 nitrogen and oxygen atoms in total. The van der Waals surface area contributed by atoms with Gasteiger partial charge in [0.15, 0.2) is 0 Å². The van der Waals surface area contributed by atoms with Crippen molar-refractivity contribution < 1.29 is 9.90 Å². The first kappa shape index (κ1) is 12.5. The maximum Gasteiger partial charge on any atom is 0.320 e. The van der Waals surface area contributed by atoms with Crippen LogP contribution in [0.1, 0.15) is 27.2 Å². The molecule has 3 atom stereocenters. The third-order valence-corrected chi connectivity index (χ3v) is 3.50. The van der Waals surface area contributed by atoms with Crippen LogP contribution in [-0.4, -0.2) is 59.1 Å². The Hall–Kier alpha value is -0.610. The van der Waals surface area contributed by atoms with Gasteiger partial charge in [-0.25, -0.2) is 0 Å². The third kappa shape index (κ3) is 2.69. The number of hydrogen-bond donors (Lipinski definition) is 1. The highest BCUT2D eigenvalue weighted by atomic mass is 16.4. The molecule has 15 heavy (non-hydrogen) atoms. The van der Waals surface area contributed by atoms with Crippen molar-refractivity contribution in [1.82, 2.24) is 9.80 Å². The molecule has 0 aromatic carbocycles. The Morgan fingerprint density at radius 3 is 2.20 bits per heavy atom. The lowest BCUT2D eigenvalue weighted by Gasteiger charge is -2.44. The molecule has 4 heteroatoms. The first-order valence-corrected chi connectivity index (χ1v) is 5.66. The molecule has 0 amide bonds. The van der Waals surface area contributed by atoms with Gasteiger partial charge in [0.2, 0.25) is 0 Å². The van der Waals surface area contributed by atoms with E-state index in [1.54, 1.807) is 0 Å². The number of carbonyl (C=O) groups is 1. The standard InChI is InChI=1S/C11H22N2O2/c1-5-10(11(14)15)13-6-8(2)12(4)9(3)7-13/h8-10H,5-7H2,1-4H3,(H,14,15)/t8-,9-,10?/m0/s1. The molecule has 1 rings (SSSR count). The van der Waals surface area contributed by atoms with Gasteiger partial charge in [0, 0.05) is 25.2 Å². The van der Waals surface area contributed by atoms with E-state index < -0.39 is 5.97 Å². The number of nitrogens with zero attached hydrogens (tertiary/aromatic N) is 2. The zero-order valence-electron chi connectivity index (χ0n) is 10.1. The molecule has 0 saturated carbocycles. The molecule has 0 aliphatic carbocycles. The molecule has 1 fully saturated rings. The summed E-state index contributed by atoms with van der Waals surface area (Å²) < 4.78 is 0. The van der Waals surface area contributed by atoms with Crippen molar-refractivity contribution in [1.29, 1.82) is 0 Å². The summed E-state index contributed by atoms with van der Waals surface area (Å²) in [5, 5.41) is 9.11. The Morgan fingerprint density at radius 2 is 1.87 bits per heavy atom. The number of rotatable bonds is 3. The van der Waals surface area contributed by atoms with Crippen LogP contribution in [0.5, 0.6) is 0 Å². The summed E-state index contributed by atoms with van der Waals surface area (Å²) in [4.78, 5) is 15.5. The van der Waals surface area contributed by atoms with Gasteiger partial charge in [-0.3, -0.25) is 14.6 Å². The minimum absolute atomic E-state index is 0.316. The highest BCUT2D eigenvalue weighted by Crippen LogP contribution is 2.17. The molecule has 1 heterocycles. The van der Waals surface area contributed by atoms with E-state index >= 15 is 0 Å². The molecule has 0 aromatic heterocycles. The van der Waals surface area contributed by atoms with Crippen LogP contribution in [0.3, 0.4) is 0 Å². The van der Waals surface area contributed by atoms with Gasteiger partial charge in [-0.05, 0) is 27.3 Å². The summed E-state index contributed by atoms with van der Waals surface area (Å²) in [6, 6.07) is 0.549. The van der Waals surface area contributed by atoms with Crippen molar-refractivity contribution in [2.24, 2.45) is 0 Å². The van der Waals surface area contributed by atoms with Gasteiger partial charge in [0.1, 0.15) is 6.04 Å². The van der Waals surface area contributed by atoms with E-state index in [-0.39, 0.29) is 6.04 Å².